The topological polar surface area (TPSA) is 59.8 Å². The molecule has 2 heterocycles. The molecule has 1 N–H and O–H groups in total. The second kappa shape index (κ2) is 8.10. The Morgan fingerprint density at radius 2 is 2.00 bits per heavy atom. The molecule has 5 nitrogen and oxygen atoms in total. The molecule has 0 atom stereocenters. The predicted molar refractivity (Wildman–Crippen MR) is 107 cm³/mol. The number of aryl methyl sites for hydroxylation is 1. The number of aromatic nitrogens is 3. The third-order valence-corrected chi connectivity index (χ3v) is 5.28. The summed E-state index contributed by atoms with van der Waals surface area (Å²) in [6.45, 7) is 0.778. The van der Waals surface area contributed by atoms with E-state index in [0.717, 1.165) is 43.6 Å². The van der Waals surface area contributed by atoms with Gasteiger partial charge in [0, 0.05) is 23.7 Å². The maximum atomic E-state index is 14.5. The maximum Gasteiger partial charge on any atom is 0.228 e. The summed E-state index contributed by atoms with van der Waals surface area (Å²) in [4.78, 5) is 12.4. The van der Waals surface area contributed by atoms with Crippen LogP contribution in [0.25, 0.3) is 11.4 Å². The van der Waals surface area contributed by atoms with E-state index in [0.29, 0.717) is 22.1 Å². The number of nitrogens with one attached hydrogen (secondary N) is 1. The molecule has 0 aliphatic carbocycles. The fourth-order valence-corrected chi connectivity index (χ4v) is 3.68. The summed E-state index contributed by atoms with van der Waals surface area (Å²) < 4.78 is 16.5. The van der Waals surface area contributed by atoms with Gasteiger partial charge in [0.25, 0.3) is 0 Å². The first-order valence-corrected chi connectivity index (χ1v) is 9.75. The Kier molecular flexibility index (Phi) is 5.39. The van der Waals surface area contributed by atoms with Gasteiger partial charge in [-0.15, -0.1) is 10.2 Å². The van der Waals surface area contributed by atoms with Crippen molar-refractivity contribution < 1.29 is 9.18 Å². The van der Waals surface area contributed by atoms with Crippen molar-refractivity contribution in [1.29, 1.82) is 0 Å². The summed E-state index contributed by atoms with van der Waals surface area (Å²) in [7, 11) is 0. The van der Waals surface area contributed by atoms with E-state index in [1.165, 1.54) is 6.07 Å². The number of anilines is 1. The highest BCUT2D eigenvalue weighted by Gasteiger charge is 2.19. The lowest BCUT2D eigenvalue weighted by Crippen LogP contribution is -2.15. The number of rotatable bonds is 4. The fourth-order valence-electron chi connectivity index (χ4n) is 3.48. The van der Waals surface area contributed by atoms with Crippen LogP contribution in [-0.2, 0) is 24.2 Å². The number of carbonyl (C=O) groups excluding carboxylic acids is 1. The first-order valence-electron chi connectivity index (χ1n) is 9.37. The monoisotopic (exact) mass is 398 g/mol. The second-order valence-corrected chi connectivity index (χ2v) is 7.32. The fraction of sp³-hybridized carbons (Fsp3) is 0.286. The zero-order valence-corrected chi connectivity index (χ0v) is 16.0. The van der Waals surface area contributed by atoms with Gasteiger partial charge in [-0.25, -0.2) is 4.39 Å². The van der Waals surface area contributed by atoms with Crippen LogP contribution in [0.2, 0.25) is 5.02 Å². The minimum atomic E-state index is -0.386. The van der Waals surface area contributed by atoms with Crippen molar-refractivity contribution in [3.05, 3.63) is 64.7 Å². The maximum absolute atomic E-state index is 14.5. The summed E-state index contributed by atoms with van der Waals surface area (Å²) in [5, 5.41) is 11.8. The molecule has 0 bridgehead atoms. The van der Waals surface area contributed by atoms with E-state index in [9.17, 15) is 9.18 Å². The van der Waals surface area contributed by atoms with Crippen LogP contribution >= 0.6 is 11.6 Å². The molecule has 0 saturated heterocycles. The van der Waals surface area contributed by atoms with Crippen LogP contribution in [-0.4, -0.2) is 20.7 Å². The van der Waals surface area contributed by atoms with E-state index in [-0.39, 0.29) is 18.1 Å². The van der Waals surface area contributed by atoms with Crippen molar-refractivity contribution in [2.24, 2.45) is 0 Å². The lowest BCUT2D eigenvalue weighted by molar-refractivity contribution is -0.115. The molecule has 3 aromatic rings. The van der Waals surface area contributed by atoms with Crippen molar-refractivity contribution in [3.63, 3.8) is 0 Å². The van der Waals surface area contributed by atoms with Gasteiger partial charge < -0.3 is 9.88 Å². The number of fused-ring (bicyclic) bond motifs is 1. The Bertz CT molecular complexity index is 1020. The summed E-state index contributed by atoms with van der Waals surface area (Å²) >= 11 is 6.12. The van der Waals surface area contributed by atoms with Crippen molar-refractivity contribution in [2.75, 3.05) is 5.32 Å². The smallest absolute Gasteiger partial charge is 0.228 e. The predicted octanol–water partition coefficient (Wildman–Crippen LogP) is 4.65. The Balaban J connectivity index is 1.57. The number of halogens is 2. The molecule has 0 saturated carbocycles. The third-order valence-electron chi connectivity index (χ3n) is 4.91. The molecular formula is C21H20ClFN4O. The van der Waals surface area contributed by atoms with Crippen LogP contribution in [0.3, 0.4) is 0 Å². The molecule has 0 unspecified atom stereocenters. The molecule has 0 radical (unpaired) electrons. The summed E-state index contributed by atoms with van der Waals surface area (Å²) in [5.41, 5.74) is 1.60. The van der Waals surface area contributed by atoms with Crippen molar-refractivity contribution in [2.45, 2.75) is 38.6 Å². The largest absolute Gasteiger partial charge is 0.326 e. The van der Waals surface area contributed by atoms with E-state index in [1.54, 1.807) is 18.2 Å². The first-order chi connectivity index (χ1) is 13.6. The van der Waals surface area contributed by atoms with Crippen LogP contribution in [0.1, 0.15) is 30.7 Å². The van der Waals surface area contributed by atoms with Crippen molar-refractivity contribution >= 4 is 23.2 Å². The van der Waals surface area contributed by atoms with E-state index in [4.69, 9.17) is 11.6 Å². The van der Waals surface area contributed by atoms with E-state index in [1.807, 2.05) is 22.8 Å². The number of amides is 1. The van der Waals surface area contributed by atoms with Crippen LogP contribution in [0.5, 0.6) is 0 Å². The van der Waals surface area contributed by atoms with Gasteiger partial charge in [-0.2, -0.15) is 0 Å². The normalized spacial score (nSPS) is 13.6. The van der Waals surface area contributed by atoms with Crippen LogP contribution in [0.15, 0.2) is 42.5 Å². The molecule has 4 rings (SSSR count). The van der Waals surface area contributed by atoms with E-state index in [2.05, 4.69) is 15.5 Å². The molecular weight excluding hydrogens is 379 g/mol. The number of nitrogens with zero attached hydrogens (tertiary/aromatic N) is 3. The average molecular weight is 399 g/mol. The second-order valence-electron chi connectivity index (χ2n) is 6.91. The number of carbonyl (C=O) groups is 1. The molecule has 2 aromatic carbocycles. The average Bonchev–Trinajstić information content (AvgIpc) is 2.93. The van der Waals surface area contributed by atoms with Gasteiger partial charge in [0.05, 0.1) is 12.0 Å². The SMILES string of the molecule is O=C(Cc1ccccc1Cl)Nc1ccc(F)c(-c2nnc3n2CCCCC3)c1. The van der Waals surface area contributed by atoms with Gasteiger partial charge in [0.1, 0.15) is 11.6 Å². The highest BCUT2D eigenvalue weighted by Crippen LogP contribution is 2.27. The van der Waals surface area contributed by atoms with Gasteiger partial charge in [-0.1, -0.05) is 36.2 Å². The first kappa shape index (κ1) is 18.6. The van der Waals surface area contributed by atoms with Crippen LogP contribution in [0, 0.1) is 5.82 Å². The minimum absolute atomic E-state index is 0.146. The van der Waals surface area contributed by atoms with Gasteiger partial charge in [0.15, 0.2) is 5.82 Å². The molecule has 0 spiro atoms. The highest BCUT2D eigenvalue weighted by atomic mass is 35.5. The van der Waals surface area contributed by atoms with Crippen molar-refractivity contribution in [1.82, 2.24) is 14.8 Å². The lowest BCUT2D eigenvalue weighted by Gasteiger charge is -2.11. The minimum Gasteiger partial charge on any atom is -0.326 e. The van der Waals surface area contributed by atoms with Crippen LogP contribution < -0.4 is 5.32 Å². The molecule has 1 aromatic heterocycles. The standard InChI is InChI=1S/C21H20ClFN4O/c22-17-7-4-3-6-14(17)12-20(28)24-15-9-10-18(23)16(13-15)21-26-25-19-8-2-1-5-11-27(19)21/h3-4,6-7,9-10,13H,1-2,5,8,11-12H2,(H,24,28). The zero-order valence-electron chi connectivity index (χ0n) is 15.3. The summed E-state index contributed by atoms with van der Waals surface area (Å²) in [5.74, 6) is 0.797. The number of benzene rings is 2. The number of hydrogen-bond donors (Lipinski definition) is 1. The van der Waals surface area contributed by atoms with Gasteiger partial charge >= 0.3 is 0 Å². The molecule has 7 heteroatoms. The molecule has 1 aliphatic rings. The highest BCUT2D eigenvalue weighted by molar-refractivity contribution is 6.31. The van der Waals surface area contributed by atoms with E-state index < -0.39 is 0 Å². The van der Waals surface area contributed by atoms with Gasteiger partial charge in [-0.3, -0.25) is 4.79 Å². The Labute approximate surface area is 167 Å². The summed E-state index contributed by atoms with van der Waals surface area (Å²) in [6, 6.07) is 11.7. The van der Waals surface area contributed by atoms with Crippen LogP contribution in [0.4, 0.5) is 10.1 Å². The summed E-state index contributed by atoms with van der Waals surface area (Å²) in [6.07, 6.45) is 4.21. The molecule has 1 aliphatic heterocycles. The van der Waals surface area contributed by atoms with Gasteiger partial charge in [0.2, 0.25) is 5.91 Å². The molecule has 1 amide bonds. The Morgan fingerprint density at radius 1 is 1.14 bits per heavy atom. The quantitative estimate of drug-likeness (QED) is 0.696. The van der Waals surface area contributed by atoms with E-state index >= 15 is 0 Å². The Hall–Kier alpha value is -2.73. The molecule has 0 fully saturated rings. The number of hydrogen-bond acceptors (Lipinski definition) is 3. The van der Waals surface area contributed by atoms with Gasteiger partial charge in [-0.05, 0) is 42.7 Å². The zero-order chi connectivity index (χ0) is 19.5. The lowest BCUT2D eigenvalue weighted by atomic mass is 10.1. The third kappa shape index (κ3) is 3.92. The van der Waals surface area contributed by atoms with Crippen molar-refractivity contribution in [3.8, 4) is 11.4 Å². The molecule has 144 valence electrons. The molecule has 28 heavy (non-hydrogen) atoms. The Morgan fingerprint density at radius 3 is 2.86 bits per heavy atom.